The molecule has 2 atom stereocenters. The van der Waals surface area contributed by atoms with Crippen LogP contribution in [0.5, 0.6) is 0 Å². The van der Waals surface area contributed by atoms with Crippen molar-refractivity contribution in [2.75, 3.05) is 13.1 Å². The Morgan fingerprint density at radius 2 is 1.72 bits per heavy atom. The Balaban J connectivity index is 1.94. The maximum atomic E-state index is 3.54. The normalized spacial score (nSPS) is 24.1. The lowest BCUT2D eigenvalue weighted by Gasteiger charge is -2.32. The van der Waals surface area contributed by atoms with Crippen molar-refractivity contribution in [3.63, 3.8) is 0 Å². The van der Waals surface area contributed by atoms with Crippen LogP contribution in [0.2, 0.25) is 0 Å². The first kappa shape index (κ1) is 13.6. The highest BCUT2D eigenvalue weighted by atomic mass is 14.8. The lowest BCUT2D eigenvalue weighted by molar-refractivity contribution is 0.229. The molecule has 0 radical (unpaired) electrons. The summed E-state index contributed by atoms with van der Waals surface area (Å²) in [6.45, 7) is 6.69. The van der Waals surface area contributed by atoms with Gasteiger partial charge in [0.25, 0.3) is 0 Å². The van der Waals surface area contributed by atoms with Gasteiger partial charge in [-0.15, -0.1) is 0 Å². The zero-order chi connectivity index (χ0) is 12.8. The smallest absolute Gasteiger partial charge is 0.00179 e. The fourth-order valence-electron chi connectivity index (χ4n) is 3.18. The second-order valence-corrected chi connectivity index (χ2v) is 5.80. The van der Waals surface area contributed by atoms with E-state index in [9.17, 15) is 0 Å². The summed E-state index contributed by atoms with van der Waals surface area (Å²) >= 11 is 0. The molecule has 1 N–H and O–H groups in total. The lowest BCUT2D eigenvalue weighted by atomic mass is 9.76. The highest BCUT2D eigenvalue weighted by Gasteiger charge is 2.24. The zero-order valence-corrected chi connectivity index (χ0v) is 11.9. The predicted molar refractivity (Wildman–Crippen MR) is 78.9 cm³/mol. The van der Waals surface area contributed by atoms with Gasteiger partial charge < -0.3 is 5.32 Å². The molecular weight excluding hydrogens is 218 g/mol. The molecule has 1 fully saturated rings. The van der Waals surface area contributed by atoms with Crippen molar-refractivity contribution >= 4 is 0 Å². The summed E-state index contributed by atoms with van der Waals surface area (Å²) in [7, 11) is 0. The molecule has 0 aliphatic heterocycles. The summed E-state index contributed by atoms with van der Waals surface area (Å²) < 4.78 is 0. The molecule has 100 valence electrons. The van der Waals surface area contributed by atoms with Gasteiger partial charge in [0.1, 0.15) is 0 Å². The van der Waals surface area contributed by atoms with Crippen molar-refractivity contribution < 1.29 is 0 Å². The molecule has 2 rings (SSSR count). The van der Waals surface area contributed by atoms with Crippen LogP contribution in [0.25, 0.3) is 0 Å². The quantitative estimate of drug-likeness (QED) is 0.828. The zero-order valence-electron chi connectivity index (χ0n) is 11.9. The summed E-state index contributed by atoms with van der Waals surface area (Å²) in [6, 6.07) is 9.12. The van der Waals surface area contributed by atoms with Crippen molar-refractivity contribution in [2.24, 2.45) is 11.8 Å². The van der Waals surface area contributed by atoms with Gasteiger partial charge in [0.05, 0.1) is 0 Å². The number of aryl methyl sites for hydroxylation is 1. The van der Waals surface area contributed by atoms with Crippen LogP contribution in [0.15, 0.2) is 24.3 Å². The van der Waals surface area contributed by atoms with Crippen molar-refractivity contribution in [2.45, 2.75) is 46.0 Å². The molecule has 1 saturated carbocycles. The molecule has 1 aliphatic carbocycles. The van der Waals surface area contributed by atoms with E-state index in [4.69, 9.17) is 0 Å². The monoisotopic (exact) mass is 245 g/mol. The van der Waals surface area contributed by atoms with Gasteiger partial charge in [0.15, 0.2) is 0 Å². The number of nitrogens with one attached hydrogen (secondary N) is 1. The van der Waals surface area contributed by atoms with Crippen LogP contribution in [0.4, 0.5) is 0 Å². The Kier molecular flexibility index (Phi) is 5.25. The third kappa shape index (κ3) is 3.84. The standard InChI is InChI=1S/C17H27N/c1-3-18-13-17-7-5-4-6-16(17)12-15-10-8-14(2)9-11-15/h8-11,16-18H,3-7,12-13H2,1-2H3. The number of rotatable bonds is 5. The molecule has 0 amide bonds. The number of benzene rings is 1. The first-order chi connectivity index (χ1) is 8.79. The van der Waals surface area contributed by atoms with Crippen LogP contribution >= 0.6 is 0 Å². The minimum atomic E-state index is 0.889. The Morgan fingerprint density at radius 1 is 1.06 bits per heavy atom. The van der Waals surface area contributed by atoms with Gasteiger partial charge in [-0.1, -0.05) is 49.6 Å². The fourth-order valence-corrected chi connectivity index (χ4v) is 3.18. The first-order valence-corrected chi connectivity index (χ1v) is 7.56. The maximum absolute atomic E-state index is 3.54. The van der Waals surface area contributed by atoms with E-state index in [1.807, 2.05) is 0 Å². The number of hydrogen-bond acceptors (Lipinski definition) is 1. The van der Waals surface area contributed by atoms with Crippen molar-refractivity contribution in [3.8, 4) is 0 Å². The van der Waals surface area contributed by atoms with Gasteiger partial charge in [-0.05, 0) is 56.7 Å². The minimum absolute atomic E-state index is 0.889. The largest absolute Gasteiger partial charge is 0.317 e. The Hall–Kier alpha value is -0.820. The van der Waals surface area contributed by atoms with Crippen LogP contribution in [0.3, 0.4) is 0 Å². The van der Waals surface area contributed by atoms with E-state index in [0.717, 1.165) is 18.4 Å². The van der Waals surface area contributed by atoms with Crippen LogP contribution < -0.4 is 5.32 Å². The maximum Gasteiger partial charge on any atom is -0.00179 e. The topological polar surface area (TPSA) is 12.0 Å². The second-order valence-electron chi connectivity index (χ2n) is 5.80. The van der Waals surface area contributed by atoms with Crippen molar-refractivity contribution in [3.05, 3.63) is 35.4 Å². The third-order valence-electron chi connectivity index (χ3n) is 4.34. The van der Waals surface area contributed by atoms with Gasteiger partial charge in [0.2, 0.25) is 0 Å². The van der Waals surface area contributed by atoms with E-state index >= 15 is 0 Å². The molecule has 1 aliphatic rings. The number of hydrogen-bond donors (Lipinski definition) is 1. The van der Waals surface area contributed by atoms with Gasteiger partial charge >= 0.3 is 0 Å². The van der Waals surface area contributed by atoms with Gasteiger partial charge in [-0.2, -0.15) is 0 Å². The van der Waals surface area contributed by atoms with E-state index in [1.165, 1.54) is 49.8 Å². The molecule has 0 aromatic heterocycles. The first-order valence-electron chi connectivity index (χ1n) is 7.56. The second kappa shape index (κ2) is 6.94. The average molecular weight is 245 g/mol. The SMILES string of the molecule is CCNCC1CCCCC1Cc1ccc(C)cc1. The van der Waals surface area contributed by atoms with Crippen LogP contribution in [-0.2, 0) is 6.42 Å². The van der Waals surface area contributed by atoms with E-state index in [0.29, 0.717) is 0 Å². The highest BCUT2D eigenvalue weighted by Crippen LogP contribution is 2.32. The Labute approximate surface area is 112 Å². The molecule has 0 bridgehead atoms. The minimum Gasteiger partial charge on any atom is -0.317 e. The summed E-state index contributed by atoms with van der Waals surface area (Å²) in [5.74, 6) is 1.78. The Bertz CT molecular complexity index is 341. The highest BCUT2D eigenvalue weighted by molar-refractivity contribution is 5.21. The molecule has 1 aromatic carbocycles. The van der Waals surface area contributed by atoms with E-state index in [2.05, 4.69) is 43.4 Å². The predicted octanol–water partition coefficient (Wildman–Crippen LogP) is 3.95. The third-order valence-corrected chi connectivity index (χ3v) is 4.34. The molecule has 1 nitrogen and oxygen atoms in total. The summed E-state index contributed by atoms with van der Waals surface area (Å²) in [5, 5.41) is 3.54. The molecule has 0 saturated heterocycles. The van der Waals surface area contributed by atoms with Crippen molar-refractivity contribution in [1.82, 2.24) is 5.32 Å². The van der Waals surface area contributed by atoms with Crippen molar-refractivity contribution in [1.29, 1.82) is 0 Å². The fraction of sp³-hybridized carbons (Fsp3) is 0.647. The summed E-state index contributed by atoms with van der Waals surface area (Å²) in [4.78, 5) is 0. The van der Waals surface area contributed by atoms with E-state index in [-0.39, 0.29) is 0 Å². The molecule has 1 heteroatoms. The Morgan fingerprint density at radius 3 is 2.39 bits per heavy atom. The van der Waals surface area contributed by atoms with Crippen LogP contribution in [0.1, 0.15) is 43.7 Å². The van der Waals surface area contributed by atoms with Crippen LogP contribution in [0, 0.1) is 18.8 Å². The van der Waals surface area contributed by atoms with E-state index in [1.54, 1.807) is 0 Å². The summed E-state index contributed by atoms with van der Waals surface area (Å²) in [5.41, 5.74) is 2.89. The molecule has 1 aromatic rings. The van der Waals surface area contributed by atoms with Gasteiger partial charge in [0, 0.05) is 0 Å². The van der Waals surface area contributed by atoms with Gasteiger partial charge in [-0.3, -0.25) is 0 Å². The summed E-state index contributed by atoms with van der Waals surface area (Å²) in [6.07, 6.45) is 6.98. The molecule has 0 spiro atoms. The van der Waals surface area contributed by atoms with Gasteiger partial charge in [-0.25, -0.2) is 0 Å². The molecular formula is C17H27N. The molecule has 2 unspecified atom stereocenters. The van der Waals surface area contributed by atoms with E-state index < -0.39 is 0 Å². The van der Waals surface area contributed by atoms with Crippen LogP contribution in [-0.4, -0.2) is 13.1 Å². The average Bonchev–Trinajstić information content (AvgIpc) is 2.40. The lowest BCUT2D eigenvalue weighted by Crippen LogP contribution is -2.31. The molecule has 0 heterocycles. The molecule has 18 heavy (non-hydrogen) atoms.